The van der Waals surface area contributed by atoms with Gasteiger partial charge in [0, 0.05) is 12.1 Å². The van der Waals surface area contributed by atoms with Crippen molar-refractivity contribution in [2.75, 3.05) is 13.2 Å². The lowest BCUT2D eigenvalue weighted by molar-refractivity contribution is 0.133. The summed E-state index contributed by atoms with van der Waals surface area (Å²) in [7, 11) is 0. The fraction of sp³-hybridized carbons (Fsp3) is 0.438. The molecule has 0 radical (unpaired) electrons. The third kappa shape index (κ3) is 10.6. The van der Waals surface area contributed by atoms with Crippen LogP contribution in [0.5, 0.6) is 0 Å². The van der Waals surface area contributed by atoms with Gasteiger partial charge in [0.2, 0.25) is 0 Å². The van der Waals surface area contributed by atoms with Gasteiger partial charge in [-0.2, -0.15) is 0 Å². The van der Waals surface area contributed by atoms with Crippen LogP contribution in [0.1, 0.15) is 62.5 Å². The Labute approximate surface area is 231 Å². The summed E-state index contributed by atoms with van der Waals surface area (Å²) < 4.78 is 16.5. The molecule has 2 saturated carbocycles. The van der Waals surface area contributed by atoms with E-state index in [0.29, 0.717) is 26.4 Å². The number of allylic oxidation sites excluding steroid dienone is 2. The molecule has 0 aliphatic heterocycles. The van der Waals surface area contributed by atoms with Crippen LogP contribution in [0.25, 0.3) is 0 Å². The van der Waals surface area contributed by atoms with E-state index in [4.69, 9.17) is 14.2 Å². The summed E-state index contributed by atoms with van der Waals surface area (Å²) in [6, 6.07) is 19.7. The zero-order chi connectivity index (χ0) is 27.1. The van der Waals surface area contributed by atoms with E-state index >= 15 is 0 Å². The molecule has 0 heterocycles. The van der Waals surface area contributed by atoms with Gasteiger partial charge in [-0.25, -0.2) is 9.59 Å². The van der Waals surface area contributed by atoms with Crippen LogP contribution in [-0.4, -0.2) is 37.5 Å². The maximum absolute atomic E-state index is 12.1. The zero-order valence-corrected chi connectivity index (χ0v) is 22.6. The van der Waals surface area contributed by atoms with Crippen LogP contribution in [0.3, 0.4) is 0 Å². The van der Waals surface area contributed by atoms with E-state index in [2.05, 4.69) is 22.8 Å². The van der Waals surface area contributed by atoms with Gasteiger partial charge in [-0.3, -0.25) is 0 Å². The van der Waals surface area contributed by atoms with Gasteiger partial charge in [0.1, 0.15) is 13.2 Å². The zero-order valence-electron chi connectivity index (χ0n) is 22.6. The topological polar surface area (TPSA) is 85.9 Å². The molecule has 7 nitrogen and oxygen atoms in total. The highest BCUT2D eigenvalue weighted by molar-refractivity contribution is 5.68. The first-order valence-electron chi connectivity index (χ1n) is 14.0. The molecule has 0 saturated heterocycles. The number of nitrogens with one attached hydrogen (secondary N) is 2. The molecule has 2 amide bonds. The second kappa shape index (κ2) is 15.7. The molecule has 39 heavy (non-hydrogen) atoms. The van der Waals surface area contributed by atoms with Gasteiger partial charge < -0.3 is 24.8 Å². The van der Waals surface area contributed by atoms with Gasteiger partial charge in [-0.05, 0) is 62.5 Å². The second-order valence-electron chi connectivity index (χ2n) is 10.2. The quantitative estimate of drug-likeness (QED) is 0.266. The Bertz CT molecular complexity index is 993. The van der Waals surface area contributed by atoms with Crippen molar-refractivity contribution in [2.24, 2.45) is 0 Å². The molecule has 0 unspecified atom stereocenters. The second-order valence-corrected chi connectivity index (χ2v) is 10.2. The lowest BCUT2D eigenvalue weighted by atomic mass is 9.90. The number of hydrogen-bond acceptors (Lipinski definition) is 5. The number of hydrogen-bond donors (Lipinski definition) is 2. The molecule has 4 rings (SSSR count). The van der Waals surface area contributed by atoms with Gasteiger partial charge in [-0.1, -0.05) is 84.0 Å². The van der Waals surface area contributed by atoms with E-state index in [1.165, 1.54) is 11.1 Å². The molecule has 0 atom stereocenters. The molecule has 0 bridgehead atoms. The van der Waals surface area contributed by atoms with Crippen LogP contribution in [0.4, 0.5) is 9.59 Å². The van der Waals surface area contributed by atoms with Crippen LogP contribution in [-0.2, 0) is 27.4 Å². The van der Waals surface area contributed by atoms with E-state index in [1.54, 1.807) is 0 Å². The third-order valence-corrected chi connectivity index (χ3v) is 7.30. The molecular formula is C32H40N2O5. The predicted molar refractivity (Wildman–Crippen MR) is 151 cm³/mol. The van der Waals surface area contributed by atoms with E-state index in [-0.39, 0.29) is 24.3 Å². The predicted octanol–water partition coefficient (Wildman–Crippen LogP) is 6.59. The number of carbonyl (C=O) groups excluding carboxylic acids is 2. The first-order valence-corrected chi connectivity index (χ1v) is 14.0. The summed E-state index contributed by atoms with van der Waals surface area (Å²) in [6.07, 6.45) is 11.2. The summed E-state index contributed by atoms with van der Waals surface area (Å²) in [5.41, 5.74) is 4.75. The van der Waals surface area contributed by atoms with Gasteiger partial charge >= 0.3 is 12.2 Å². The molecule has 208 valence electrons. The number of carbonyl (C=O) groups is 2. The number of ether oxygens (including phenoxy) is 3. The normalized spacial score (nSPS) is 19.1. The summed E-state index contributed by atoms with van der Waals surface area (Å²) >= 11 is 0. The lowest BCUT2D eigenvalue weighted by Gasteiger charge is -2.25. The Hall–Kier alpha value is -3.58. The van der Waals surface area contributed by atoms with Gasteiger partial charge in [0.05, 0.1) is 13.2 Å². The molecule has 2 N–H and O–H groups in total. The Balaban J connectivity index is 1.03. The maximum Gasteiger partial charge on any atom is 0.407 e. The van der Waals surface area contributed by atoms with Crippen LogP contribution in [0.15, 0.2) is 84.0 Å². The van der Waals surface area contributed by atoms with Crippen LogP contribution in [0, 0.1) is 0 Å². The highest BCUT2D eigenvalue weighted by Crippen LogP contribution is 2.25. The summed E-state index contributed by atoms with van der Waals surface area (Å²) in [5.74, 6) is 0. The van der Waals surface area contributed by atoms with E-state index < -0.39 is 0 Å². The monoisotopic (exact) mass is 532 g/mol. The smallest absolute Gasteiger partial charge is 0.407 e. The molecule has 0 aromatic heterocycles. The Kier molecular flexibility index (Phi) is 11.5. The fourth-order valence-electron chi connectivity index (χ4n) is 4.96. The van der Waals surface area contributed by atoms with Crippen molar-refractivity contribution >= 4 is 12.2 Å². The average molecular weight is 533 g/mol. The highest BCUT2D eigenvalue weighted by atomic mass is 16.6. The van der Waals surface area contributed by atoms with Crippen molar-refractivity contribution in [2.45, 2.75) is 76.7 Å². The number of benzene rings is 2. The van der Waals surface area contributed by atoms with Crippen molar-refractivity contribution in [1.82, 2.24) is 10.6 Å². The molecule has 2 fully saturated rings. The first-order chi connectivity index (χ1) is 19.1. The largest absolute Gasteiger partial charge is 0.445 e. The number of alkyl carbamates (subject to hydrolysis) is 2. The van der Waals surface area contributed by atoms with Crippen LogP contribution >= 0.6 is 0 Å². The highest BCUT2D eigenvalue weighted by Gasteiger charge is 2.20. The standard InChI is InChI=1S/C32H40N2O5/c35-31(38-23-27-7-3-1-4-8-27)33-29-15-11-25(12-16-29)19-21-37-22-20-26-13-17-30(18-14-26)34-32(36)39-24-28-9-5-2-6-10-28/h1-10,19-20,29-30H,11-18,21-24H2,(H,33,35)(H,34,36). The Morgan fingerprint density at radius 3 is 1.41 bits per heavy atom. The van der Waals surface area contributed by atoms with E-state index in [9.17, 15) is 9.59 Å². The number of rotatable bonds is 10. The van der Waals surface area contributed by atoms with Crippen LogP contribution < -0.4 is 10.6 Å². The van der Waals surface area contributed by atoms with E-state index in [0.717, 1.165) is 62.5 Å². The van der Waals surface area contributed by atoms with Gasteiger partial charge in [0.15, 0.2) is 0 Å². The summed E-state index contributed by atoms with van der Waals surface area (Å²) in [5, 5.41) is 5.98. The average Bonchev–Trinajstić information content (AvgIpc) is 2.98. The third-order valence-electron chi connectivity index (χ3n) is 7.30. The maximum atomic E-state index is 12.1. The van der Waals surface area contributed by atoms with Crippen molar-refractivity contribution in [3.8, 4) is 0 Å². The minimum atomic E-state index is -0.347. The lowest BCUT2D eigenvalue weighted by Crippen LogP contribution is -2.36. The molecule has 2 aliphatic rings. The van der Waals surface area contributed by atoms with Gasteiger partial charge in [0.25, 0.3) is 0 Å². The molecule has 2 aromatic carbocycles. The summed E-state index contributed by atoms with van der Waals surface area (Å²) in [6.45, 7) is 1.79. The first kappa shape index (κ1) is 28.4. The number of amides is 2. The minimum Gasteiger partial charge on any atom is -0.445 e. The van der Waals surface area contributed by atoms with Crippen molar-refractivity contribution in [1.29, 1.82) is 0 Å². The van der Waals surface area contributed by atoms with Gasteiger partial charge in [-0.15, -0.1) is 0 Å². The van der Waals surface area contributed by atoms with E-state index in [1.807, 2.05) is 60.7 Å². The molecular weight excluding hydrogens is 492 g/mol. The Morgan fingerprint density at radius 1 is 0.641 bits per heavy atom. The Morgan fingerprint density at radius 2 is 1.03 bits per heavy atom. The van der Waals surface area contributed by atoms with Crippen molar-refractivity contribution in [3.63, 3.8) is 0 Å². The van der Waals surface area contributed by atoms with Crippen LogP contribution in [0.2, 0.25) is 0 Å². The summed E-state index contributed by atoms with van der Waals surface area (Å²) in [4.78, 5) is 24.2. The van der Waals surface area contributed by atoms with Crippen molar-refractivity contribution < 1.29 is 23.8 Å². The molecule has 2 aromatic rings. The molecule has 2 aliphatic carbocycles. The molecule has 0 spiro atoms. The molecule has 7 heteroatoms. The SMILES string of the molecule is O=C(NC1CCC(=CCOCC=C2CCC(NC(=O)OCc3ccccc3)CC2)CC1)OCc1ccccc1. The minimum absolute atomic E-state index is 0.159. The fourth-order valence-corrected chi connectivity index (χ4v) is 4.96. The van der Waals surface area contributed by atoms with Crippen molar-refractivity contribution in [3.05, 3.63) is 95.1 Å².